The van der Waals surface area contributed by atoms with Gasteiger partial charge in [-0.25, -0.2) is 4.57 Å². The lowest BCUT2D eigenvalue weighted by Gasteiger charge is -2.41. The van der Waals surface area contributed by atoms with Crippen LogP contribution in [0.2, 0.25) is 0 Å². The van der Waals surface area contributed by atoms with E-state index >= 15 is 0 Å². The lowest BCUT2D eigenvalue weighted by molar-refractivity contribution is -0.220. The zero-order valence-corrected chi connectivity index (χ0v) is 37.3. The number of rotatable bonds is 36. The molecule has 0 radical (unpaired) electrons. The smallest absolute Gasteiger partial charge is 0.462 e. The minimum absolute atomic E-state index is 0.00944. The van der Waals surface area contributed by atoms with Gasteiger partial charge in [-0.15, -0.1) is 0 Å². The summed E-state index contributed by atoms with van der Waals surface area (Å²) in [7, 11) is -5.14. The molecule has 2 aliphatic rings. The van der Waals surface area contributed by atoms with Crippen molar-refractivity contribution in [3.8, 4) is 0 Å². The Labute approximate surface area is 359 Å². The molecule has 0 aromatic heterocycles. The molecule has 1 heterocycles. The number of carbonyl (C=O) groups excluding carboxylic acids is 2. The van der Waals surface area contributed by atoms with E-state index in [0.717, 1.165) is 44.9 Å². The van der Waals surface area contributed by atoms with Crippen molar-refractivity contribution in [1.82, 2.24) is 0 Å². The molecule has 2 fully saturated rings. The molecule has 1 aliphatic heterocycles. The maximum atomic E-state index is 12.8. The van der Waals surface area contributed by atoms with Crippen LogP contribution in [0.15, 0.2) is 36.5 Å². The molecule has 348 valence electrons. The number of hydrogen-bond acceptors (Lipinski definition) is 13. The summed E-state index contributed by atoms with van der Waals surface area (Å²) in [6.07, 6.45) is 23.6. The average molecular weight is 875 g/mol. The van der Waals surface area contributed by atoms with Gasteiger partial charge in [0.25, 0.3) is 0 Å². The quantitative estimate of drug-likeness (QED) is 0.0117. The minimum atomic E-state index is -5.14. The predicted octanol–water partition coefficient (Wildman–Crippen LogP) is 7.60. The third-order valence-electron chi connectivity index (χ3n) is 10.9. The number of epoxide rings is 1. The molecule has 0 amide bonds. The van der Waals surface area contributed by atoms with Crippen LogP contribution in [0.4, 0.5) is 0 Å². The van der Waals surface area contributed by atoms with Gasteiger partial charge in [-0.3, -0.25) is 18.6 Å². The Morgan fingerprint density at radius 2 is 1.10 bits per heavy atom. The number of allylic oxidation sites excluding steroid dienone is 5. The summed E-state index contributed by atoms with van der Waals surface area (Å²) < 4.78 is 39.3. The number of aliphatic hydroxyl groups excluding tert-OH is 5. The van der Waals surface area contributed by atoms with Gasteiger partial charge >= 0.3 is 19.8 Å². The van der Waals surface area contributed by atoms with Crippen LogP contribution in [-0.2, 0) is 37.4 Å². The molecule has 0 bridgehead atoms. The van der Waals surface area contributed by atoms with Crippen LogP contribution < -0.4 is 0 Å². The van der Waals surface area contributed by atoms with Gasteiger partial charge in [0.15, 0.2) is 6.10 Å². The summed E-state index contributed by atoms with van der Waals surface area (Å²) in [4.78, 5) is 35.8. The van der Waals surface area contributed by atoms with Crippen LogP contribution in [0.25, 0.3) is 0 Å². The second kappa shape index (κ2) is 32.7. The fourth-order valence-corrected chi connectivity index (χ4v) is 8.05. The van der Waals surface area contributed by atoms with Gasteiger partial charge in [0.2, 0.25) is 0 Å². The summed E-state index contributed by atoms with van der Waals surface area (Å²) in [6.45, 7) is 3.20. The molecule has 1 saturated carbocycles. The number of esters is 2. The van der Waals surface area contributed by atoms with Crippen molar-refractivity contribution in [3.05, 3.63) is 36.5 Å². The number of phosphoric acid groups is 1. The summed E-state index contributed by atoms with van der Waals surface area (Å²) in [5.74, 6) is -1.17. The molecule has 2 rings (SSSR count). The SMILES string of the molecule is CCCCCC=CCC=CCC=CCC1OC1CCCC(=O)OC(COC(=O)CCCCCCCCCCCCCCC)COP(=O)(O)OC1C(O)C(O)C(O)C(O)C1O. The minimum Gasteiger partial charge on any atom is -0.462 e. The van der Waals surface area contributed by atoms with E-state index < -0.39 is 75.7 Å². The summed E-state index contributed by atoms with van der Waals surface area (Å²) in [5, 5.41) is 50.2. The van der Waals surface area contributed by atoms with Crippen LogP contribution in [0.3, 0.4) is 0 Å². The second-order valence-corrected chi connectivity index (χ2v) is 17.7. The van der Waals surface area contributed by atoms with Crippen molar-refractivity contribution in [2.45, 2.75) is 223 Å². The first-order chi connectivity index (χ1) is 28.9. The first-order valence-corrected chi connectivity index (χ1v) is 24.4. The average Bonchev–Trinajstić information content (AvgIpc) is 3.98. The molecule has 60 heavy (non-hydrogen) atoms. The Hall–Kier alpha value is -1.97. The van der Waals surface area contributed by atoms with E-state index in [1.165, 1.54) is 77.0 Å². The van der Waals surface area contributed by atoms with E-state index in [9.17, 15) is 44.6 Å². The topological polar surface area (TPSA) is 222 Å². The van der Waals surface area contributed by atoms with Crippen LogP contribution >= 0.6 is 7.82 Å². The monoisotopic (exact) mass is 875 g/mol. The molecule has 14 nitrogen and oxygen atoms in total. The fourth-order valence-electron chi connectivity index (χ4n) is 7.08. The Kier molecular flexibility index (Phi) is 29.5. The summed E-state index contributed by atoms with van der Waals surface area (Å²) in [5.41, 5.74) is 0. The van der Waals surface area contributed by atoms with Gasteiger partial charge in [-0.2, -0.15) is 0 Å². The van der Waals surface area contributed by atoms with Gasteiger partial charge in [0, 0.05) is 12.8 Å². The first-order valence-electron chi connectivity index (χ1n) is 22.9. The fraction of sp³-hybridized carbons (Fsp3) is 0.822. The molecule has 0 spiro atoms. The van der Waals surface area contributed by atoms with Gasteiger partial charge in [-0.05, 0) is 51.4 Å². The van der Waals surface area contributed by atoms with Gasteiger partial charge in [-0.1, -0.05) is 140 Å². The zero-order valence-electron chi connectivity index (χ0n) is 36.4. The molecular weight excluding hydrogens is 795 g/mol. The third kappa shape index (κ3) is 24.6. The largest absolute Gasteiger partial charge is 0.472 e. The Morgan fingerprint density at radius 3 is 1.70 bits per heavy atom. The van der Waals surface area contributed by atoms with Crippen molar-refractivity contribution in [2.75, 3.05) is 13.2 Å². The van der Waals surface area contributed by atoms with Crippen molar-refractivity contribution in [3.63, 3.8) is 0 Å². The van der Waals surface area contributed by atoms with Gasteiger partial charge < -0.3 is 44.6 Å². The van der Waals surface area contributed by atoms with Crippen LogP contribution in [0.1, 0.15) is 168 Å². The van der Waals surface area contributed by atoms with E-state index in [1.54, 1.807) is 0 Å². The van der Waals surface area contributed by atoms with E-state index in [0.29, 0.717) is 19.3 Å². The lowest BCUT2D eigenvalue weighted by atomic mass is 9.85. The number of phosphoric ester groups is 1. The van der Waals surface area contributed by atoms with E-state index in [2.05, 4.69) is 50.3 Å². The van der Waals surface area contributed by atoms with Crippen molar-refractivity contribution < 1.29 is 67.8 Å². The van der Waals surface area contributed by atoms with Crippen molar-refractivity contribution in [2.24, 2.45) is 0 Å². The molecule has 8 unspecified atom stereocenters. The van der Waals surface area contributed by atoms with Gasteiger partial charge in [0.1, 0.15) is 43.2 Å². The highest BCUT2D eigenvalue weighted by Gasteiger charge is 2.51. The van der Waals surface area contributed by atoms with E-state index in [4.69, 9.17) is 23.3 Å². The normalized spacial score (nSPS) is 25.9. The zero-order chi connectivity index (χ0) is 44.0. The Morgan fingerprint density at radius 1 is 0.600 bits per heavy atom. The van der Waals surface area contributed by atoms with Crippen LogP contribution in [0, 0.1) is 0 Å². The molecule has 1 aliphatic carbocycles. The van der Waals surface area contributed by atoms with Gasteiger partial charge in [0.05, 0.1) is 18.8 Å². The summed E-state index contributed by atoms with van der Waals surface area (Å²) >= 11 is 0. The number of ether oxygens (including phenoxy) is 3. The highest BCUT2D eigenvalue weighted by Crippen LogP contribution is 2.47. The van der Waals surface area contributed by atoms with Crippen LogP contribution in [0.5, 0.6) is 0 Å². The Bertz CT molecular complexity index is 1260. The first kappa shape index (κ1) is 54.2. The van der Waals surface area contributed by atoms with Crippen LogP contribution in [-0.4, -0.2) is 111 Å². The van der Waals surface area contributed by atoms with Crippen molar-refractivity contribution in [1.29, 1.82) is 0 Å². The lowest BCUT2D eigenvalue weighted by Crippen LogP contribution is -2.64. The predicted molar refractivity (Wildman–Crippen MR) is 230 cm³/mol. The maximum absolute atomic E-state index is 12.8. The second-order valence-electron chi connectivity index (χ2n) is 16.3. The molecule has 1 saturated heterocycles. The number of unbranched alkanes of at least 4 members (excludes halogenated alkanes) is 15. The third-order valence-corrected chi connectivity index (χ3v) is 11.9. The molecule has 6 N–H and O–H groups in total. The maximum Gasteiger partial charge on any atom is 0.472 e. The van der Waals surface area contributed by atoms with E-state index in [1.807, 2.05) is 0 Å². The Balaban J connectivity index is 1.75. The molecule has 8 atom stereocenters. The standard InChI is InChI=1S/C45H79O14P/c1-3-5-7-9-11-13-15-17-19-21-23-25-27-31-38(46)55-33-35(34-56-60(53,54)59-45-43(51)41(49)40(48)42(50)44(45)52)57-39(47)32-28-30-37-36(58-37)29-26-24-22-20-18-16-14-12-10-8-6-4-2/h12,14,18,20,24,26,35-37,40-45,48-52H,3-11,13,15-17,19,21-23,25,27-34H2,1-2H3,(H,53,54). The van der Waals surface area contributed by atoms with Crippen molar-refractivity contribution >= 4 is 19.8 Å². The number of hydrogen-bond donors (Lipinski definition) is 6. The molecular formula is C45H79O14P. The number of carbonyl (C=O) groups is 2. The molecule has 15 heteroatoms. The molecule has 0 aromatic rings. The highest BCUT2D eigenvalue weighted by molar-refractivity contribution is 7.47. The molecule has 0 aromatic carbocycles. The highest BCUT2D eigenvalue weighted by atomic mass is 31.2. The van der Waals surface area contributed by atoms with E-state index in [-0.39, 0.29) is 25.0 Å². The summed E-state index contributed by atoms with van der Waals surface area (Å²) in [6, 6.07) is 0. The number of aliphatic hydroxyl groups is 5.